The molecular formula is C22H15FO5. The van der Waals surface area contributed by atoms with Crippen LogP contribution in [0.2, 0.25) is 0 Å². The topological polar surface area (TPSA) is 69.7 Å². The van der Waals surface area contributed by atoms with Crippen molar-refractivity contribution in [1.29, 1.82) is 0 Å². The van der Waals surface area contributed by atoms with Crippen molar-refractivity contribution in [3.8, 4) is 17.3 Å². The Morgan fingerprint density at radius 2 is 1.75 bits per heavy atom. The molecule has 0 N–H and O–H groups in total. The van der Waals surface area contributed by atoms with E-state index >= 15 is 0 Å². The fraction of sp³-hybridized carbons (Fsp3) is 0.0909. The van der Waals surface area contributed by atoms with Crippen molar-refractivity contribution in [2.24, 2.45) is 0 Å². The Kier molecular flexibility index (Phi) is 4.31. The number of aryl methyl sites for hydroxylation is 2. The molecule has 0 aliphatic carbocycles. The highest BCUT2D eigenvalue weighted by Gasteiger charge is 2.23. The maximum Gasteiger partial charge on any atom is 0.343 e. The zero-order chi connectivity index (χ0) is 19.8. The normalized spacial score (nSPS) is 11.0. The van der Waals surface area contributed by atoms with E-state index < -0.39 is 17.2 Å². The van der Waals surface area contributed by atoms with Crippen molar-refractivity contribution < 1.29 is 22.8 Å². The van der Waals surface area contributed by atoms with Crippen LogP contribution >= 0.6 is 0 Å². The molecule has 28 heavy (non-hydrogen) atoms. The number of halogens is 1. The van der Waals surface area contributed by atoms with Gasteiger partial charge in [0, 0.05) is 0 Å². The summed E-state index contributed by atoms with van der Waals surface area (Å²) < 4.78 is 29.7. The molecule has 0 aliphatic rings. The second-order valence-corrected chi connectivity index (χ2v) is 6.40. The summed E-state index contributed by atoms with van der Waals surface area (Å²) in [6, 6.07) is 11.5. The average molecular weight is 378 g/mol. The number of hydrogen-bond donors (Lipinski definition) is 0. The highest BCUT2D eigenvalue weighted by Crippen LogP contribution is 2.32. The van der Waals surface area contributed by atoms with E-state index in [-0.39, 0.29) is 22.8 Å². The van der Waals surface area contributed by atoms with Crippen molar-refractivity contribution >= 4 is 16.9 Å². The molecule has 0 unspecified atom stereocenters. The first-order chi connectivity index (χ1) is 13.4. The van der Waals surface area contributed by atoms with Crippen molar-refractivity contribution in [3.05, 3.63) is 87.5 Å². The van der Waals surface area contributed by atoms with Gasteiger partial charge in [0.15, 0.2) is 5.76 Å². The Bertz CT molecular complexity index is 1230. The largest absolute Gasteiger partial charge is 0.461 e. The Morgan fingerprint density at radius 3 is 2.43 bits per heavy atom. The molecule has 2 aromatic carbocycles. The fourth-order valence-electron chi connectivity index (χ4n) is 2.83. The molecule has 0 amide bonds. The van der Waals surface area contributed by atoms with Crippen LogP contribution in [0.1, 0.15) is 21.5 Å². The minimum absolute atomic E-state index is 0.0150. The standard InChI is InChI=1S/C22H15FO5/c1-12-10-16-18(11-13(12)2)27-20(17-4-3-9-26-17)21(19(16)24)28-22(25)14-5-7-15(23)8-6-14/h3-11H,1-2H3. The molecule has 6 heteroatoms. The lowest BCUT2D eigenvalue weighted by Gasteiger charge is -2.10. The Hall–Kier alpha value is -3.67. The summed E-state index contributed by atoms with van der Waals surface area (Å²) in [6.07, 6.45) is 1.42. The van der Waals surface area contributed by atoms with Crippen LogP contribution in [-0.4, -0.2) is 5.97 Å². The van der Waals surface area contributed by atoms with Gasteiger partial charge in [-0.1, -0.05) is 0 Å². The van der Waals surface area contributed by atoms with Gasteiger partial charge in [-0.25, -0.2) is 9.18 Å². The van der Waals surface area contributed by atoms with Gasteiger partial charge in [0.05, 0.1) is 17.2 Å². The van der Waals surface area contributed by atoms with Gasteiger partial charge in [0.1, 0.15) is 11.4 Å². The number of carbonyl (C=O) groups is 1. The van der Waals surface area contributed by atoms with Gasteiger partial charge >= 0.3 is 5.97 Å². The number of fused-ring (bicyclic) bond motifs is 1. The number of hydrogen-bond acceptors (Lipinski definition) is 5. The predicted octanol–water partition coefficient (Wildman–Crippen LogP) is 5.03. The predicted molar refractivity (Wildman–Crippen MR) is 101 cm³/mol. The molecule has 5 nitrogen and oxygen atoms in total. The lowest BCUT2D eigenvalue weighted by molar-refractivity contribution is 0.0731. The first-order valence-electron chi connectivity index (χ1n) is 8.53. The maximum absolute atomic E-state index is 13.1. The van der Waals surface area contributed by atoms with Crippen LogP contribution in [0.3, 0.4) is 0 Å². The SMILES string of the molecule is Cc1cc2oc(-c3ccco3)c(OC(=O)c3ccc(F)cc3)c(=O)c2cc1C. The number of esters is 1. The first kappa shape index (κ1) is 17.7. The van der Waals surface area contributed by atoms with E-state index in [0.717, 1.165) is 23.3 Å². The number of ether oxygens (including phenoxy) is 1. The number of benzene rings is 2. The molecule has 0 spiro atoms. The Balaban J connectivity index is 1.90. The van der Waals surface area contributed by atoms with Gasteiger partial charge in [-0.05, 0) is 73.5 Å². The molecule has 4 aromatic rings. The quantitative estimate of drug-likeness (QED) is 0.468. The van der Waals surface area contributed by atoms with Crippen molar-refractivity contribution in [1.82, 2.24) is 0 Å². The van der Waals surface area contributed by atoms with Crippen LogP contribution in [0.5, 0.6) is 5.75 Å². The van der Waals surface area contributed by atoms with Gasteiger partial charge in [0.25, 0.3) is 0 Å². The molecule has 2 aromatic heterocycles. The van der Waals surface area contributed by atoms with Gasteiger partial charge in [0.2, 0.25) is 16.9 Å². The smallest absolute Gasteiger partial charge is 0.343 e. The highest BCUT2D eigenvalue weighted by atomic mass is 19.1. The second kappa shape index (κ2) is 6.81. The Morgan fingerprint density at radius 1 is 1.04 bits per heavy atom. The van der Waals surface area contributed by atoms with Crippen LogP contribution < -0.4 is 10.2 Å². The molecule has 0 saturated heterocycles. The molecule has 0 fully saturated rings. The Labute approximate surface area is 159 Å². The van der Waals surface area contributed by atoms with Crippen molar-refractivity contribution in [2.75, 3.05) is 0 Å². The van der Waals surface area contributed by atoms with Gasteiger partial charge in [-0.15, -0.1) is 0 Å². The molecule has 0 saturated carbocycles. The zero-order valence-electron chi connectivity index (χ0n) is 15.1. The molecule has 2 heterocycles. The summed E-state index contributed by atoms with van der Waals surface area (Å²) in [6.45, 7) is 3.78. The van der Waals surface area contributed by atoms with E-state index in [1.807, 2.05) is 13.8 Å². The van der Waals surface area contributed by atoms with E-state index in [1.165, 1.54) is 18.4 Å². The summed E-state index contributed by atoms with van der Waals surface area (Å²) in [7, 11) is 0. The summed E-state index contributed by atoms with van der Waals surface area (Å²) in [5, 5.41) is 0.292. The molecular weight excluding hydrogens is 363 g/mol. The zero-order valence-corrected chi connectivity index (χ0v) is 15.1. The summed E-state index contributed by atoms with van der Waals surface area (Å²) in [5.41, 5.74) is 1.83. The number of furan rings is 1. The lowest BCUT2D eigenvalue weighted by Crippen LogP contribution is -2.16. The average Bonchev–Trinajstić information content (AvgIpc) is 3.20. The molecule has 0 radical (unpaired) electrons. The molecule has 4 rings (SSSR count). The number of carbonyl (C=O) groups excluding carboxylic acids is 1. The van der Waals surface area contributed by atoms with Gasteiger partial charge in [-0.3, -0.25) is 4.79 Å². The van der Waals surface area contributed by atoms with Gasteiger partial charge in [-0.2, -0.15) is 0 Å². The van der Waals surface area contributed by atoms with E-state index in [2.05, 4.69) is 0 Å². The van der Waals surface area contributed by atoms with Crippen molar-refractivity contribution in [3.63, 3.8) is 0 Å². The fourth-order valence-corrected chi connectivity index (χ4v) is 2.83. The van der Waals surface area contributed by atoms with Crippen LogP contribution in [0.15, 0.2) is 68.4 Å². The van der Waals surface area contributed by atoms with Crippen LogP contribution in [0, 0.1) is 19.7 Å². The number of rotatable bonds is 3. The molecule has 0 bridgehead atoms. The molecule has 140 valence electrons. The minimum Gasteiger partial charge on any atom is -0.461 e. The van der Waals surface area contributed by atoms with E-state index in [9.17, 15) is 14.0 Å². The monoisotopic (exact) mass is 378 g/mol. The van der Waals surface area contributed by atoms with Crippen LogP contribution in [0.25, 0.3) is 22.5 Å². The molecule has 0 atom stereocenters. The second-order valence-electron chi connectivity index (χ2n) is 6.40. The van der Waals surface area contributed by atoms with Crippen LogP contribution in [0.4, 0.5) is 4.39 Å². The summed E-state index contributed by atoms with van der Waals surface area (Å²) >= 11 is 0. The van der Waals surface area contributed by atoms with Crippen molar-refractivity contribution in [2.45, 2.75) is 13.8 Å². The first-order valence-corrected chi connectivity index (χ1v) is 8.53. The van der Waals surface area contributed by atoms with E-state index in [0.29, 0.717) is 11.0 Å². The maximum atomic E-state index is 13.1. The third-order valence-corrected chi connectivity index (χ3v) is 4.48. The van der Waals surface area contributed by atoms with Crippen LogP contribution in [-0.2, 0) is 0 Å². The van der Waals surface area contributed by atoms with E-state index in [4.69, 9.17) is 13.6 Å². The third-order valence-electron chi connectivity index (χ3n) is 4.48. The summed E-state index contributed by atoms with van der Waals surface area (Å²) in [4.78, 5) is 25.6. The minimum atomic E-state index is -0.803. The van der Waals surface area contributed by atoms with E-state index in [1.54, 1.807) is 24.3 Å². The highest BCUT2D eigenvalue weighted by molar-refractivity contribution is 5.92. The molecule has 0 aliphatic heterocycles. The van der Waals surface area contributed by atoms with Gasteiger partial charge < -0.3 is 13.6 Å². The lowest BCUT2D eigenvalue weighted by atomic mass is 10.1. The third kappa shape index (κ3) is 3.09. The summed E-state index contributed by atoms with van der Waals surface area (Å²) in [5.74, 6) is -1.30.